The Labute approximate surface area is 136 Å². The van der Waals surface area contributed by atoms with E-state index in [1.165, 1.54) is 64.2 Å². The Morgan fingerprint density at radius 3 is 1.55 bits per heavy atom. The van der Waals surface area contributed by atoms with Gasteiger partial charge in [0.2, 0.25) is 5.85 Å². The standard InChI is InChI=1S/C18H38FNO2/c1-2-3-4-5-6-7-8-9-10-11-12-13-14-15-18(19,22)17(20)16-21/h17,21-22H,2-16,20H2,1H3/t17-,18+/m0/s1. The third kappa shape index (κ3) is 12.4. The van der Waals surface area contributed by atoms with Gasteiger partial charge in [0.1, 0.15) is 0 Å². The maximum Gasteiger partial charge on any atom is 0.224 e. The molecule has 134 valence electrons. The summed E-state index contributed by atoms with van der Waals surface area (Å²) in [5.74, 6) is -2.42. The highest BCUT2D eigenvalue weighted by Gasteiger charge is 2.32. The van der Waals surface area contributed by atoms with E-state index in [1.54, 1.807) is 0 Å². The lowest BCUT2D eigenvalue weighted by molar-refractivity contribution is -0.123. The molecule has 0 heterocycles. The van der Waals surface area contributed by atoms with E-state index in [0.29, 0.717) is 6.42 Å². The molecule has 0 aromatic rings. The summed E-state index contributed by atoms with van der Waals surface area (Å²) in [5.41, 5.74) is 5.32. The smallest absolute Gasteiger partial charge is 0.224 e. The maximum atomic E-state index is 13.6. The van der Waals surface area contributed by atoms with Crippen LogP contribution in [-0.2, 0) is 0 Å². The Kier molecular flexibility index (Phi) is 14.3. The van der Waals surface area contributed by atoms with Crippen LogP contribution in [0.5, 0.6) is 0 Å². The van der Waals surface area contributed by atoms with Crippen LogP contribution in [0.25, 0.3) is 0 Å². The van der Waals surface area contributed by atoms with Crippen molar-refractivity contribution in [3.63, 3.8) is 0 Å². The highest BCUT2D eigenvalue weighted by molar-refractivity contribution is 4.78. The fraction of sp³-hybridized carbons (Fsp3) is 1.00. The number of hydrogen-bond donors (Lipinski definition) is 3. The minimum absolute atomic E-state index is 0.0203. The number of alkyl halides is 1. The van der Waals surface area contributed by atoms with Gasteiger partial charge in [-0.15, -0.1) is 0 Å². The third-order valence-electron chi connectivity index (χ3n) is 4.40. The number of nitrogens with two attached hydrogens (primary N) is 1. The van der Waals surface area contributed by atoms with E-state index in [0.717, 1.165) is 12.8 Å². The molecular weight excluding hydrogens is 281 g/mol. The van der Waals surface area contributed by atoms with Crippen molar-refractivity contribution in [1.29, 1.82) is 0 Å². The molecule has 0 bridgehead atoms. The molecule has 0 aromatic heterocycles. The van der Waals surface area contributed by atoms with Gasteiger partial charge in [-0.25, -0.2) is 4.39 Å². The van der Waals surface area contributed by atoms with E-state index in [-0.39, 0.29) is 6.42 Å². The van der Waals surface area contributed by atoms with Crippen LogP contribution >= 0.6 is 0 Å². The number of aliphatic hydroxyl groups excluding tert-OH is 1. The zero-order chi connectivity index (χ0) is 16.7. The summed E-state index contributed by atoms with van der Waals surface area (Å²) in [7, 11) is 0. The Hall–Kier alpha value is -0.190. The summed E-state index contributed by atoms with van der Waals surface area (Å²) in [6, 6.07) is -1.19. The average Bonchev–Trinajstić information content (AvgIpc) is 2.50. The molecule has 0 unspecified atom stereocenters. The quantitative estimate of drug-likeness (QED) is 0.368. The first kappa shape index (κ1) is 21.8. The molecule has 0 radical (unpaired) electrons. The number of unbranched alkanes of at least 4 members (excludes halogenated alkanes) is 12. The van der Waals surface area contributed by atoms with Gasteiger partial charge in [0.25, 0.3) is 0 Å². The molecule has 0 aliphatic rings. The molecule has 0 aliphatic carbocycles. The number of aliphatic hydroxyl groups is 2. The van der Waals surface area contributed by atoms with Gasteiger partial charge >= 0.3 is 0 Å². The van der Waals surface area contributed by atoms with E-state index < -0.39 is 18.5 Å². The third-order valence-corrected chi connectivity index (χ3v) is 4.40. The van der Waals surface area contributed by atoms with Crippen molar-refractivity contribution in [3.8, 4) is 0 Å². The van der Waals surface area contributed by atoms with E-state index >= 15 is 0 Å². The van der Waals surface area contributed by atoms with Crippen molar-refractivity contribution in [2.45, 2.75) is 109 Å². The largest absolute Gasteiger partial charge is 0.395 e. The van der Waals surface area contributed by atoms with Crippen LogP contribution in [0, 0.1) is 0 Å². The summed E-state index contributed by atoms with van der Waals surface area (Å²) in [6.07, 6.45) is 15.9. The lowest BCUT2D eigenvalue weighted by Gasteiger charge is -2.24. The molecule has 0 spiro atoms. The van der Waals surface area contributed by atoms with Gasteiger partial charge in [0.05, 0.1) is 12.6 Å². The molecule has 4 heteroatoms. The minimum atomic E-state index is -2.42. The molecule has 22 heavy (non-hydrogen) atoms. The second-order valence-electron chi connectivity index (χ2n) is 6.60. The van der Waals surface area contributed by atoms with Gasteiger partial charge in [-0.1, -0.05) is 84.0 Å². The van der Waals surface area contributed by atoms with Gasteiger partial charge in [-0.3, -0.25) is 0 Å². The molecule has 0 aromatic carbocycles. The second kappa shape index (κ2) is 14.4. The Balaban J connectivity index is 3.24. The highest BCUT2D eigenvalue weighted by Crippen LogP contribution is 2.20. The molecule has 3 nitrogen and oxygen atoms in total. The first-order valence-corrected chi connectivity index (χ1v) is 9.32. The van der Waals surface area contributed by atoms with E-state index in [1.807, 2.05) is 0 Å². The first-order chi connectivity index (χ1) is 10.5. The monoisotopic (exact) mass is 319 g/mol. The number of halogens is 1. The average molecular weight is 320 g/mol. The summed E-state index contributed by atoms with van der Waals surface area (Å²) in [4.78, 5) is 0. The van der Waals surface area contributed by atoms with Gasteiger partial charge in [0, 0.05) is 6.42 Å². The predicted octanol–water partition coefficient (Wildman–Crippen LogP) is 4.45. The van der Waals surface area contributed by atoms with Crippen LogP contribution in [0.2, 0.25) is 0 Å². The lowest BCUT2D eigenvalue weighted by Crippen LogP contribution is -2.46. The zero-order valence-corrected chi connectivity index (χ0v) is 14.5. The van der Waals surface area contributed by atoms with Crippen molar-refractivity contribution in [2.24, 2.45) is 5.73 Å². The van der Waals surface area contributed by atoms with Crippen LogP contribution in [0.4, 0.5) is 4.39 Å². The van der Waals surface area contributed by atoms with Gasteiger partial charge in [-0.05, 0) is 6.42 Å². The van der Waals surface area contributed by atoms with Crippen LogP contribution in [0.1, 0.15) is 96.8 Å². The molecular formula is C18H38FNO2. The van der Waals surface area contributed by atoms with Gasteiger partial charge in [0.15, 0.2) is 0 Å². The van der Waals surface area contributed by atoms with Crippen molar-refractivity contribution in [2.75, 3.05) is 6.61 Å². The molecule has 0 saturated heterocycles. The SMILES string of the molecule is CCCCCCCCCCCCCCC[C@](O)(F)[C@@H](N)CO. The van der Waals surface area contributed by atoms with Crippen molar-refractivity contribution < 1.29 is 14.6 Å². The Morgan fingerprint density at radius 2 is 1.18 bits per heavy atom. The summed E-state index contributed by atoms with van der Waals surface area (Å²) < 4.78 is 13.6. The number of hydrogen-bond acceptors (Lipinski definition) is 3. The molecule has 0 amide bonds. The summed E-state index contributed by atoms with van der Waals surface area (Å²) in [5, 5.41) is 18.2. The first-order valence-electron chi connectivity index (χ1n) is 9.32. The lowest BCUT2D eigenvalue weighted by atomic mass is 10.0. The molecule has 0 saturated carbocycles. The second-order valence-corrected chi connectivity index (χ2v) is 6.60. The van der Waals surface area contributed by atoms with Crippen molar-refractivity contribution in [1.82, 2.24) is 0 Å². The normalized spacial score (nSPS) is 15.7. The van der Waals surface area contributed by atoms with E-state index in [9.17, 15) is 9.50 Å². The van der Waals surface area contributed by atoms with E-state index in [4.69, 9.17) is 10.8 Å². The van der Waals surface area contributed by atoms with Crippen molar-refractivity contribution in [3.05, 3.63) is 0 Å². The van der Waals surface area contributed by atoms with Crippen molar-refractivity contribution >= 4 is 0 Å². The molecule has 0 fully saturated rings. The Morgan fingerprint density at radius 1 is 0.818 bits per heavy atom. The zero-order valence-electron chi connectivity index (χ0n) is 14.5. The molecule has 0 rings (SSSR count). The molecule has 2 atom stereocenters. The highest BCUT2D eigenvalue weighted by atomic mass is 19.2. The van der Waals surface area contributed by atoms with Crippen LogP contribution < -0.4 is 5.73 Å². The predicted molar refractivity (Wildman–Crippen MR) is 91.4 cm³/mol. The molecule has 0 aliphatic heterocycles. The Bertz CT molecular complexity index is 237. The van der Waals surface area contributed by atoms with Crippen LogP contribution in [0.3, 0.4) is 0 Å². The summed E-state index contributed by atoms with van der Waals surface area (Å²) >= 11 is 0. The van der Waals surface area contributed by atoms with Crippen LogP contribution in [-0.4, -0.2) is 28.7 Å². The van der Waals surface area contributed by atoms with E-state index in [2.05, 4.69) is 6.92 Å². The van der Waals surface area contributed by atoms with Crippen LogP contribution in [0.15, 0.2) is 0 Å². The maximum absolute atomic E-state index is 13.6. The topological polar surface area (TPSA) is 66.5 Å². The fourth-order valence-corrected chi connectivity index (χ4v) is 2.72. The van der Waals surface area contributed by atoms with Gasteiger partial charge in [-0.2, -0.15) is 0 Å². The van der Waals surface area contributed by atoms with Gasteiger partial charge < -0.3 is 15.9 Å². The molecule has 4 N–H and O–H groups in total. The minimum Gasteiger partial charge on any atom is -0.395 e. The summed E-state index contributed by atoms with van der Waals surface area (Å²) in [6.45, 7) is 1.72. The number of rotatable bonds is 16. The fourth-order valence-electron chi connectivity index (χ4n) is 2.72.